The van der Waals surface area contributed by atoms with Crippen LogP contribution < -0.4 is 10.6 Å². The van der Waals surface area contributed by atoms with E-state index in [0.717, 1.165) is 0 Å². The van der Waals surface area contributed by atoms with Gasteiger partial charge in [0.25, 0.3) is 0 Å². The van der Waals surface area contributed by atoms with Gasteiger partial charge in [0, 0.05) is 67.3 Å². The SMILES string of the molecule is CCC(=O)CCOCC(COCCC([NH-])=O)(COCCC(=O)NC)COCCC(=O)NC.[W]. The van der Waals surface area contributed by atoms with Crippen molar-refractivity contribution in [2.45, 2.75) is 39.0 Å². The molecule has 0 aromatic rings. The van der Waals surface area contributed by atoms with Crippen molar-refractivity contribution < 1.29 is 59.2 Å². The van der Waals surface area contributed by atoms with Gasteiger partial charge in [-0.2, -0.15) is 0 Å². The Morgan fingerprint density at radius 3 is 1.39 bits per heavy atom. The van der Waals surface area contributed by atoms with Crippen LogP contribution in [0.4, 0.5) is 0 Å². The third-order valence-electron chi connectivity index (χ3n) is 4.53. The van der Waals surface area contributed by atoms with Crippen LogP contribution in [0.2, 0.25) is 0 Å². The van der Waals surface area contributed by atoms with Crippen LogP contribution in [0, 0.1) is 5.41 Å². The molecule has 0 atom stereocenters. The first-order valence-corrected chi connectivity index (χ1v) is 10.8. The summed E-state index contributed by atoms with van der Waals surface area (Å²) in [5.74, 6) is -0.952. The zero-order chi connectivity index (χ0) is 24.2. The summed E-state index contributed by atoms with van der Waals surface area (Å²) in [5.41, 5.74) is 6.21. The van der Waals surface area contributed by atoms with E-state index >= 15 is 0 Å². The van der Waals surface area contributed by atoms with Gasteiger partial charge in [0.15, 0.2) is 0 Å². The summed E-state index contributed by atoms with van der Waals surface area (Å²) in [6, 6.07) is 0. The van der Waals surface area contributed by atoms with Gasteiger partial charge in [-0.05, 0) is 0 Å². The van der Waals surface area contributed by atoms with Crippen molar-refractivity contribution in [3.63, 3.8) is 0 Å². The minimum Gasteiger partial charge on any atom is -0.668 e. The van der Waals surface area contributed by atoms with E-state index in [1.807, 2.05) is 0 Å². The van der Waals surface area contributed by atoms with Crippen LogP contribution in [0.25, 0.3) is 5.73 Å². The van der Waals surface area contributed by atoms with Crippen molar-refractivity contribution in [1.82, 2.24) is 10.6 Å². The number of carbonyl (C=O) groups is 4. The van der Waals surface area contributed by atoms with Crippen molar-refractivity contribution in [2.75, 3.05) is 67.0 Å². The Bertz CT molecular complexity index is 518. The summed E-state index contributed by atoms with van der Waals surface area (Å²) in [6.07, 6.45) is 1.05. The third-order valence-corrected chi connectivity index (χ3v) is 4.53. The average Bonchev–Trinajstić information content (AvgIpc) is 2.79. The van der Waals surface area contributed by atoms with E-state index in [1.54, 1.807) is 21.0 Å². The van der Waals surface area contributed by atoms with Crippen LogP contribution in [-0.4, -0.2) is 90.5 Å². The summed E-state index contributed by atoms with van der Waals surface area (Å²) in [7, 11) is 3.08. The van der Waals surface area contributed by atoms with Crippen molar-refractivity contribution in [3.8, 4) is 0 Å². The van der Waals surface area contributed by atoms with E-state index in [0.29, 0.717) is 6.42 Å². The van der Waals surface area contributed by atoms with E-state index in [9.17, 15) is 19.2 Å². The first kappa shape index (κ1) is 33.8. The van der Waals surface area contributed by atoms with E-state index in [2.05, 4.69) is 10.6 Å². The maximum Gasteiger partial charge on any atom is 0.222 e. The van der Waals surface area contributed by atoms with Gasteiger partial charge in [0.1, 0.15) is 5.78 Å². The Morgan fingerprint density at radius 2 is 1.06 bits per heavy atom. The maximum absolute atomic E-state index is 11.5. The molecular weight excluding hydrogens is 606 g/mol. The second-order valence-corrected chi connectivity index (χ2v) is 7.37. The van der Waals surface area contributed by atoms with Gasteiger partial charge in [-0.15, -0.1) is 0 Å². The standard InChI is InChI=1S/C21H39N3O8.W/c1-4-17(25)5-9-29-13-21(14-30-10-6-18(22)26,15-31-11-7-19(27)23-2)16-32-12-8-20(28)24-3;/h4-16H2,1-3H3,(H4,22,23,24,26,27,28);/p-1. The maximum atomic E-state index is 11.5. The number of rotatable bonds is 21. The molecule has 0 spiro atoms. The number of Topliss-reactive ketones (excluding diaryl/α,β-unsaturated/α-hetero) is 1. The average molecular weight is 644 g/mol. The number of hydrogen-bond donors (Lipinski definition) is 2. The molecule has 0 aliphatic carbocycles. The van der Waals surface area contributed by atoms with Crippen molar-refractivity contribution in [3.05, 3.63) is 5.73 Å². The molecule has 0 aliphatic rings. The normalized spacial score (nSPS) is 10.9. The number of hydrogen-bond acceptors (Lipinski definition) is 8. The second-order valence-electron chi connectivity index (χ2n) is 7.37. The second kappa shape index (κ2) is 21.2. The molecular formula is C21H38N3O8W-. The minimum atomic E-state index is -0.786. The van der Waals surface area contributed by atoms with Crippen LogP contribution in [0.15, 0.2) is 0 Å². The molecule has 11 nitrogen and oxygen atoms in total. The molecule has 0 unspecified atom stereocenters. The molecule has 0 rings (SSSR count). The summed E-state index contributed by atoms with van der Waals surface area (Å²) < 4.78 is 22.7. The molecule has 0 fully saturated rings. The van der Waals surface area contributed by atoms with Crippen molar-refractivity contribution in [1.29, 1.82) is 0 Å². The molecule has 0 aromatic carbocycles. The first-order chi connectivity index (χ1) is 15.3. The zero-order valence-corrected chi connectivity index (χ0v) is 22.8. The van der Waals surface area contributed by atoms with Crippen LogP contribution in [0.1, 0.15) is 39.0 Å². The van der Waals surface area contributed by atoms with Gasteiger partial charge in [0.2, 0.25) is 11.8 Å². The summed E-state index contributed by atoms with van der Waals surface area (Å²) in [5, 5.41) is 5.04. The zero-order valence-electron chi connectivity index (χ0n) is 19.9. The third kappa shape index (κ3) is 18.7. The fourth-order valence-corrected chi connectivity index (χ4v) is 2.51. The molecule has 0 radical (unpaired) electrons. The Labute approximate surface area is 210 Å². The number of nitrogens with one attached hydrogen (secondary N) is 3. The molecule has 3 amide bonds. The molecule has 3 N–H and O–H groups in total. The summed E-state index contributed by atoms with van der Waals surface area (Å²) in [4.78, 5) is 45.3. The van der Waals surface area contributed by atoms with Crippen LogP contribution in [-0.2, 0) is 59.2 Å². The largest absolute Gasteiger partial charge is 0.668 e. The first-order valence-electron chi connectivity index (χ1n) is 10.8. The monoisotopic (exact) mass is 644 g/mol. The van der Waals surface area contributed by atoms with E-state index in [4.69, 9.17) is 24.7 Å². The van der Waals surface area contributed by atoms with Gasteiger partial charge in [-0.1, -0.05) is 6.92 Å². The van der Waals surface area contributed by atoms with Gasteiger partial charge in [0.05, 0.1) is 64.2 Å². The molecule has 33 heavy (non-hydrogen) atoms. The molecule has 0 bridgehead atoms. The predicted molar refractivity (Wildman–Crippen MR) is 117 cm³/mol. The van der Waals surface area contributed by atoms with Crippen LogP contribution in [0.5, 0.6) is 0 Å². The molecule has 192 valence electrons. The number of carbonyl (C=O) groups excluding carboxylic acids is 4. The fourth-order valence-electron chi connectivity index (χ4n) is 2.51. The molecule has 0 aromatic heterocycles. The molecule has 0 saturated carbocycles. The molecule has 12 heteroatoms. The van der Waals surface area contributed by atoms with Crippen molar-refractivity contribution >= 4 is 23.5 Å². The van der Waals surface area contributed by atoms with E-state index in [1.165, 1.54) is 0 Å². The van der Waals surface area contributed by atoms with Gasteiger partial charge >= 0.3 is 0 Å². The number of ether oxygens (including phenoxy) is 4. The topological polar surface area (TPSA) is 153 Å². The quantitative estimate of drug-likeness (QED) is 0.173. The Balaban J connectivity index is 0. The van der Waals surface area contributed by atoms with Crippen LogP contribution >= 0.6 is 0 Å². The van der Waals surface area contributed by atoms with Crippen molar-refractivity contribution in [2.24, 2.45) is 5.41 Å². The summed E-state index contributed by atoms with van der Waals surface area (Å²) in [6.45, 7) is 2.99. The Kier molecular flexibility index (Phi) is 21.7. The van der Waals surface area contributed by atoms with Crippen LogP contribution in [0.3, 0.4) is 0 Å². The number of amides is 3. The Hall–Kier alpha value is -1.39. The van der Waals surface area contributed by atoms with Gasteiger partial charge < -0.3 is 40.1 Å². The number of ketones is 1. The fraction of sp³-hybridized carbons (Fsp3) is 0.810. The molecule has 0 heterocycles. The molecule has 0 aliphatic heterocycles. The Morgan fingerprint density at radius 1 is 0.697 bits per heavy atom. The predicted octanol–water partition coefficient (Wildman–Crippen LogP) is 0.647. The molecule has 0 saturated heterocycles. The smallest absolute Gasteiger partial charge is 0.222 e. The van der Waals surface area contributed by atoms with Gasteiger partial charge in [-0.25, -0.2) is 0 Å². The minimum absolute atomic E-state index is 0. The summed E-state index contributed by atoms with van der Waals surface area (Å²) >= 11 is 0. The van der Waals surface area contributed by atoms with Gasteiger partial charge in [-0.3, -0.25) is 14.4 Å². The van der Waals surface area contributed by atoms with E-state index < -0.39 is 11.3 Å². The van der Waals surface area contributed by atoms with E-state index in [-0.39, 0.29) is 117 Å².